The maximum Gasteiger partial charge on any atom is 0.264 e. The van der Waals surface area contributed by atoms with Gasteiger partial charge < -0.3 is 10.1 Å². The van der Waals surface area contributed by atoms with Crippen LogP contribution in [-0.2, 0) is 14.8 Å². The van der Waals surface area contributed by atoms with Gasteiger partial charge in [0, 0.05) is 10.6 Å². The highest BCUT2D eigenvalue weighted by molar-refractivity contribution is 7.98. The van der Waals surface area contributed by atoms with Gasteiger partial charge in [-0.3, -0.25) is 9.10 Å². The van der Waals surface area contributed by atoms with E-state index in [1.54, 1.807) is 48.5 Å². The molecule has 0 unspecified atom stereocenters. The van der Waals surface area contributed by atoms with Gasteiger partial charge in [0.15, 0.2) is 0 Å². The highest BCUT2D eigenvalue weighted by Gasteiger charge is 2.29. The van der Waals surface area contributed by atoms with Crippen molar-refractivity contribution in [2.24, 2.45) is 0 Å². The van der Waals surface area contributed by atoms with Crippen LogP contribution in [0.4, 0.5) is 11.4 Å². The molecule has 3 rings (SSSR count). The Labute approximate surface area is 200 Å². The molecule has 0 bridgehead atoms. The van der Waals surface area contributed by atoms with Gasteiger partial charge in [-0.15, -0.1) is 11.8 Å². The van der Waals surface area contributed by atoms with E-state index in [0.29, 0.717) is 23.7 Å². The summed E-state index contributed by atoms with van der Waals surface area (Å²) in [5.41, 5.74) is 2.85. The highest BCUT2D eigenvalue weighted by atomic mass is 32.2. The molecule has 33 heavy (non-hydrogen) atoms. The van der Waals surface area contributed by atoms with Gasteiger partial charge in [0.05, 0.1) is 17.2 Å². The molecule has 1 amide bonds. The number of hydrogen-bond donors (Lipinski definition) is 1. The van der Waals surface area contributed by atoms with Crippen molar-refractivity contribution in [3.05, 3.63) is 77.9 Å². The monoisotopic (exact) mass is 484 g/mol. The molecule has 0 radical (unpaired) electrons. The maximum atomic E-state index is 13.7. The third-order valence-electron chi connectivity index (χ3n) is 5.04. The number of anilines is 2. The molecule has 1 N–H and O–H groups in total. The van der Waals surface area contributed by atoms with Crippen LogP contribution in [0, 0.1) is 13.8 Å². The van der Waals surface area contributed by atoms with Crippen molar-refractivity contribution < 1.29 is 17.9 Å². The molecule has 6 nitrogen and oxygen atoms in total. The first-order valence-corrected chi connectivity index (χ1v) is 13.2. The second-order valence-electron chi connectivity index (χ2n) is 7.45. The molecule has 0 heterocycles. The Balaban J connectivity index is 2.01. The molecular weight excluding hydrogens is 456 g/mol. The van der Waals surface area contributed by atoms with E-state index in [0.717, 1.165) is 20.3 Å². The molecule has 3 aromatic rings. The number of para-hydroxylation sites is 2. The molecule has 8 heteroatoms. The minimum Gasteiger partial charge on any atom is -0.492 e. The fraction of sp³-hybridized carbons (Fsp3) is 0.240. The number of aryl methyl sites for hydroxylation is 2. The molecule has 0 aliphatic rings. The van der Waals surface area contributed by atoms with E-state index < -0.39 is 22.5 Å². The van der Waals surface area contributed by atoms with Gasteiger partial charge in [-0.2, -0.15) is 0 Å². The van der Waals surface area contributed by atoms with Crippen molar-refractivity contribution in [1.82, 2.24) is 0 Å². The fourth-order valence-electron chi connectivity index (χ4n) is 3.31. The minimum atomic E-state index is -4.04. The lowest BCUT2D eigenvalue weighted by Crippen LogP contribution is -2.38. The van der Waals surface area contributed by atoms with Gasteiger partial charge in [-0.05, 0) is 80.6 Å². The van der Waals surface area contributed by atoms with E-state index in [-0.39, 0.29) is 4.90 Å². The van der Waals surface area contributed by atoms with Crippen LogP contribution in [0.15, 0.2) is 76.5 Å². The lowest BCUT2D eigenvalue weighted by molar-refractivity contribution is -0.114. The predicted molar refractivity (Wildman–Crippen MR) is 135 cm³/mol. The number of hydrogen-bond acceptors (Lipinski definition) is 5. The van der Waals surface area contributed by atoms with Crippen LogP contribution in [0.2, 0.25) is 0 Å². The molecule has 0 atom stereocenters. The third-order valence-corrected chi connectivity index (χ3v) is 7.55. The quantitative estimate of drug-likeness (QED) is 0.420. The second-order valence-corrected chi connectivity index (χ2v) is 10.2. The molecule has 0 aromatic heterocycles. The number of nitrogens with one attached hydrogen (secondary N) is 1. The average Bonchev–Trinajstić information content (AvgIpc) is 2.80. The van der Waals surface area contributed by atoms with Gasteiger partial charge in [0.2, 0.25) is 5.91 Å². The molecule has 0 fully saturated rings. The molecular formula is C25H28N2O4S2. The number of carbonyl (C=O) groups is 1. The first kappa shape index (κ1) is 24.7. The zero-order valence-corrected chi connectivity index (χ0v) is 20.8. The Kier molecular flexibility index (Phi) is 8.05. The van der Waals surface area contributed by atoms with Gasteiger partial charge in [0.25, 0.3) is 10.0 Å². The summed E-state index contributed by atoms with van der Waals surface area (Å²) < 4.78 is 34.1. The summed E-state index contributed by atoms with van der Waals surface area (Å²) in [4.78, 5) is 14.1. The number of amides is 1. The summed E-state index contributed by atoms with van der Waals surface area (Å²) in [5.74, 6) is -0.0526. The number of benzene rings is 3. The molecule has 0 aliphatic carbocycles. The molecule has 174 valence electrons. The lowest BCUT2D eigenvalue weighted by atomic mass is 10.1. The van der Waals surface area contributed by atoms with Crippen LogP contribution in [0.3, 0.4) is 0 Å². The molecule has 0 spiro atoms. The summed E-state index contributed by atoms with van der Waals surface area (Å²) >= 11 is 1.52. The summed E-state index contributed by atoms with van der Waals surface area (Å²) in [5, 5.41) is 2.86. The normalized spacial score (nSPS) is 11.2. The standard InChI is InChI=1S/C25H28N2O4S2/c1-5-31-24-9-7-6-8-23(24)27(33(29,30)21-14-12-20(32-4)13-15-21)17-25(28)26-22-16-18(2)10-11-19(22)3/h6-16H,5,17H2,1-4H3,(H,26,28). The van der Waals surface area contributed by atoms with Crippen LogP contribution in [-0.4, -0.2) is 33.7 Å². The van der Waals surface area contributed by atoms with Crippen LogP contribution < -0.4 is 14.4 Å². The van der Waals surface area contributed by atoms with Crippen LogP contribution in [0.25, 0.3) is 0 Å². The van der Waals surface area contributed by atoms with E-state index in [9.17, 15) is 13.2 Å². The number of rotatable bonds is 9. The van der Waals surface area contributed by atoms with E-state index in [1.165, 1.54) is 11.8 Å². The molecule has 0 saturated heterocycles. The third kappa shape index (κ3) is 5.89. The number of carbonyl (C=O) groups excluding carboxylic acids is 1. The maximum absolute atomic E-state index is 13.7. The van der Waals surface area contributed by atoms with E-state index in [4.69, 9.17) is 4.74 Å². The van der Waals surface area contributed by atoms with Gasteiger partial charge in [0.1, 0.15) is 12.3 Å². The summed E-state index contributed by atoms with van der Waals surface area (Å²) in [7, 11) is -4.04. The van der Waals surface area contributed by atoms with Crippen molar-refractivity contribution in [2.75, 3.05) is 29.0 Å². The van der Waals surface area contributed by atoms with Crippen LogP contribution in [0.5, 0.6) is 5.75 Å². The summed E-state index contributed by atoms with van der Waals surface area (Å²) in [6, 6.07) is 19.2. The first-order valence-electron chi connectivity index (χ1n) is 10.5. The summed E-state index contributed by atoms with van der Waals surface area (Å²) in [6.07, 6.45) is 1.92. The first-order chi connectivity index (χ1) is 15.8. The van der Waals surface area contributed by atoms with Crippen molar-refractivity contribution >= 4 is 39.1 Å². The number of ether oxygens (including phenoxy) is 1. The fourth-order valence-corrected chi connectivity index (χ4v) is 5.15. The van der Waals surface area contributed by atoms with Crippen molar-refractivity contribution in [1.29, 1.82) is 0 Å². The van der Waals surface area contributed by atoms with E-state index >= 15 is 0 Å². The number of thioether (sulfide) groups is 1. The van der Waals surface area contributed by atoms with Gasteiger partial charge >= 0.3 is 0 Å². The smallest absolute Gasteiger partial charge is 0.264 e. The minimum absolute atomic E-state index is 0.103. The van der Waals surface area contributed by atoms with Crippen LogP contribution in [0.1, 0.15) is 18.1 Å². The Morgan fingerprint density at radius 2 is 1.73 bits per heavy atom. The lowest BCUT2D eigenvalue weighted by Gasteiger charge is -2.26. The average molecular weight is 485 g/mol. The topological polar surface area (TPSA) is 75.7 Å². The number of nitrogens with zero attached hydrogens (tertiary/aromatic N) is 1. The zero-order chi connectivity index (χ0) is 24.0. The number of sulfonamides is 1. The zero-order valence-electron chi connectivity index (χ0n) is 19.2. The molecule has 3 aromatic carbocycles. The highest BCUT2D eigenvalue weighted by Crippen LogP contribution is 2.33. The second kappa shape index (κ2) is 10.8. The predicted octanol–water partition coefficient (Wildman–Crippen LogP) is 5.26. The molecule has 0 aliphatic heterocycles. The Hall–Kier alpha value is -2.97. The van der Waals surface area contributed by atoms with Gasteiger partial charge in [-0.25, -0.2) is 8.42 Å². The Morgan fingerprint density at radius 3 is 2.39 bits per heavy atom. The molecule has 0 saturated carbocycles. The van der Waals surface area contributed by atoms with Crippen molar-refractivity contribution in [3.8, 4) is 5.75 Å². The van der Waals surface area contributed by atoms with E-state index in [1.807, 2.05) is 45.2 Å². The van der Waals surface area contributed by atoms with Crippen molar-refractivity contribution in [3.63, 3.8) is 0 Å². The SMILES string of the molecule is CCOc1ccccc1N(CC(=O)Nc1cc(C)ccc1C)S(=O)(=O)c1ccc(SC)cc1. The van der Waals surface area contributed by atoms with E-state index in [2.05, 4.69) is 5.32 Å². The Bertz CT molecular complexity index is 1230. The largest absolute Gasteiger partial charge is 0.492 e. The Morgan fingerprint density at radius 1 is 1.03 bits per heavy atom. The van der Waals surface area contributed by atoms with Crippen LogP contribution >= 0.6 is 11.8 Å². The van der Waals surface area contributed by atoms with Crippen molar-refractivity contribution in [2.45, 2.75) is 30.6 Å². The summed E-state index contributed by atoms with van der Waals surface area (Å²) in [6.45, 7) is 5.61. The van der Waals surface area contributed by atoms with Gasteiger partial charge in [-0.1, -0.05) is 24.3 Å².